The molecule has 172 valence electrons. The van der Waals surface area contributed by atoms with Gasteiger partial charge in [-0.3, -0.25) is 4.79 Å². The highest BCUT2D eigenvalue weighted by Crippen LogP contribution is 2.50. The molecule has 0 amide bonds. The minimum absolute atomic E-state index is 0.0540. The third-order valence-electron chi connectivity index (χ3n) is 4.82. The van der Waals surface area contributed by atoms with Gasteiger partial charge in [-0.25, -0.2) is 13.1 Å². The van der Waals surface area contributed by atoms with Crippen molar-refractivity contribution in [3.63, 3.8) is 0 Å². The van der Waals surface area contributed by atoms with Crippen molar-refractivity contribution in [3.8, 4) is 40.1 Å². The lowest BCUT2D eigenvalue weighted by molar-refractivity contribution is 0.307. The summed E-state index contributed by atoms with van der Waals surface area (Å²) < 4.78 is 59.9. The number of fused-ring (bicyclic) bond motifs is 1. The van der Waals surface area contributed by atoms with Crippen molar-refractivity contribution in [1.29, 1.82) is 0 Å². The van der Waals surface area contributed by atoms with Crippen LogP contribution in [-0.4, -0.2) is 51.0 Å². The van der Waals surface area contributed by atoms with Crippen LogP contribution in [0.2, 0.25) is 0 Å². The summed E-state index contributed by atoms with van der Waals surface area (Å²) >= 11 is 0. The molecule has 1 heterocycles. The van der Waals surface area contributed by atoms with Gasteiger partial charge in [0.1, 0.15) is 21.8 Å². The summed E-state index contributed by atoms with van der Waals surface area (Å²) in [6, 6.07) is 5.62. The fraction of sp³-hybridized carbons (Fsp3) is 0.286. The summed E-state index contributed by atoms with van der Waals surface area (Å²) in [6.45, 7) is 0. The van der Waals surface area contributed by atoms with Gasteiger partial charge in [-0.05, 0) is 25.2 Å². The van der Waals surface area contributed by atoms with Gasteiger partial charge in [0, 0.05) is 11.6 Å². The van der Waals surface area contributed by atoms with Gasteiger partial charge in [-0.2, -0.15) is 0 Å². The molecule has 11 heteroatoms. The molecule has 0 unspecified atom stereocenters. The van der Waals surface area contributed by atoms with Crippen molar-refractivity contribution < 1.29 is 36.5 Å². The summed E-state index contributed by atoms with van der Waals surface area (Å²) in [5, 5.41) is 0.0855. The van der Waals surface area contributed by atoms with E-state index in [9.17, 15) is 13.2 Å². The third kappa shape index (κ3) is 3.69. The molecule has 0 spiro atoms. The molecule has 0 aliphatic carbocycles. The van der Waals surface area contributed by atoms with Gasteiger partial charge in [-0.15, -0.1) is 0 Å². The molecule has 1 aromatic heterocycles. The van der Waals surface area contributed by atoms with Crippen LogP contribution in [0.25, 0.3) is 22.3 Å². The number of methoxy groups -OCH3 is 5. The van der Waals surface area contributed by atoms with Crippen LogP contribution in [0.3, 0.4) is 0 Å². The third-order valence-corrected chi connectivity index (χ3v) is 6.26. The molecule has 10 nitrogen and oxygen atoms in total. The van der Waals surface area contributed by atoms with Crippen LogP contribution >= 0.6 is 0 Å². The number of nitrogens with one attached hydrogen (secondary N) is 1. The monoisotopic (exact) mass is 465 g/mol. The highest BCUT2D eigenvalue weighted by molar-refractivity contribution is 7.89. The normalized spacial score (nSPS) is 11.3. The molecule has 0 radical (unpaired) electrons. The van der Waals surface area contributed by atoms with Gasteiger partial charge < -0.3 is 28.1 Å². The SMILES string of the molecule is CNS(=O)(=O)c1cc(-c2cc(=O)c3c(OC)c(OC)c(OC)c(OC)c3o2)ccc1OC. The van der Waals surface area contributed by atoms with Crippen LogP contribution in [0.15, 0.2) is 38.4 Å². The van der Waals surface area contributed by atoms with E-state index in [2.05, 4.69) is 4.72 Å². The lowest BCUT2D eigenvalue weighted by atomic mass is 10.1. The Labute approximate surface area is 184 Å². The standard InChI is InChI=1S/C21H23NO9S/c1-22-32(24,25)15-9-11(7-8-13(15)26-2)14-10-12(23)16-17(27-3)19(28-4)21(30-6)20(29-5)18(16)31-14/h7-10,22H,1-6H3. The Hall–Kier alpha value is -3.44. The van der Waals surface area contributed by atoms with Crippen LogP contribution in [-0.2, 0) is 10.0 Å². The largest absolute Gasteiger partial charge is 0.495 e. The maximum Gasteiger partial charge on any atom is 0.244 e. The maximum absolute atomic E-state index is 13.1. The van der Waals surface area contributed by atoms with E-state index in [1.54, 1.807) is 6.07 Å². The van der Waals surface area contributed by atoms with Gasteiger partial charge in [0.2, 0.25) is 27.3 Å². The molecule has 1 N–H and O–H groups in total. The molecule has 32 heavy (non-hydrogen) atoms. The summed E-state index contributed by atoms with van der Waals surface area (Å²) in [6.07, 6.45) is 0. The number of rotatable bonds is 8. The van der Waals surface area contributed by atoms with Gasteiger partial charge in [0.05, 0.1) is 35.5 Å². The van der Waals surface area contributed by atoms with E-state index in [0.717, 1.165) is 0 Å². The molecule has 0 saturated heterocycles. The van der Waals surface area contributed by atoms with E-state index < -0.39 is 15.5 Å². The Morgan fingerprint density at radius 1 is 0.812 bits per heavy atom. The van der Waals surface area contributed by atoms with E-state index in [-0.39, 0.29) is 50.4 Å². The van der Waals surface area contributed by atoms with Gasteiger partial charge in [-0.1, -0.05) is 0 Å². The lowest BCUT2D eigenvalue weighted by Gasteiger charge is -2.18. The Balaban J connectivity index is 2.41. The highest BCUT2D eigenvalue weighted by Gasteiger charge is 2.28. The molecular weight excluding hydrogens is 442 g/mol. The predicted octanol–water partition coefficient (Wildman–Crippen LogP) is 2.41. The minimum Gasteiger partial charge on any atom is -0.495 e. The average Bonchev–Trinajstić information content (AvgIpc) is 2.81. The van der Waals surface area contributed by atoms with Crippen molar-refractivity contribution in [1.82, 2.24) is 4.72 Å². The molecule has 3 rings (SSSR count). The number of ether oxygens (including phenoxy) is 5. The molecule has 0 aliphatic heterocycles. The molecule has 3 aromatic rings. The number of hydrogen-bond acceptors (Lipinski definition) is 9. The lowest BCUT2D eigenvalue weighted by Crippen LogP contribution is -2.19. The van der Waals surface area contributed by atoms with Gasteiger partial charge in [0.25, 0.3) is 0 Å². The van der Waals surface area contributed by atoms with Crippen molar-refractivity contribution in [2.75, 3.05) is 42.6 Å². The van der Waals surface area contributed by atoms with E-state index in [1.165, 1.54) is 60.8 Å². The van der Waals surface area contributed by atoms with E-state index in [0.29, 0.717) is 5.56 Å². The van der Waals surface area contributed by atoms with Gasteiger partial charge in [0.15, 0.2) is 16.8 Å². The minimum atomic E-state index is -3.84. The fourth-order valence-electron chi connectivity index (χ4n) is 3.33. The number of benzene rings is 2. The molecule has 0 saturated carbocycles. The summed E-state index contributed by atoms with van der Waals surface area (Å²) in [5.74, 6) is 0.825. The van der Waals surface area contributed by atoms with Crippen molar-refractivity contribution >= 4 is 21.0 Å². The van der Waals surface area contributed by atoms with E-state index in [4.69, 9.17) is 28.1 Å². The van der Waals surface area contributed by atoms with E-state index in [1.807, 2.05) is 0 Å². The zero-order chi connectivity index (χ0) is 23.6. The predicted molar refractivity (Wildman–Crippen MR) is 117 cm³/mol. The zero-order valence-corrected chi connectivity index (χ0v) is 19.2. The van der Waals surface area contributed by atoms with Crippen LogP contribution in [0.5, 0.6) is 28.7 Å². The first-order chi connectivity index (χ1) is 15.3. The molecular formula is C21H23NO9S. The topological polar surface area (TPSA) is 123 Å². The molecule has 0 atom stereocenters. The van der Waals surface area contributed by atoms with E-state index >= 15 is 0 Å². The average molecular weight is 465 g/mol. The summed E-state index contributed by atoms with van der Waals surface area (Å²) in [7, 11) is 4.39. The second kappa shape index (κ2) is 8.97. The highest BCUT2D eigenvalue weighted by atomic mass is 32.2. The molecule has 0 fully saturated rings. The molecule has 0 bridgehead atoms. The summed E-state index contributed by atoms with van der Waals surface area (Å²) in [5.41, 5.74) is -0.0704. The van der Waals surface area contributed by atoms with Crippen molar-refractivity contribution in [2.45, 2.75) is 4.90 Å². The van der Waals surface area contributed by atoms with Crippen LogP contribution < -0.4 is 33.8 Å². The second-order valence-electron chi connectivity index (χ2n) is 6.39. The Bertz CT molecular complexity index is 1330. The van der Waals surface area contributed by atoms with Crippen LogP contribution in [0.1, 0.15) is 0 Å². The molecule has 0 aliphatic rings. The second-order valence-corrected chi connectivity index (χ2v) is 8.24. The number of sulfonamides is 1. The van der Waals surface area contributed by atoms with Crippen molar-refractivity contribution in [3.05, 3.63) is 34.5 Å². The Morgan fingerprint density at radius 2 is 1.41 bits per heavy atom. The maximum atomic E-state index is 13.1. The quantitative estimate of drug-likeness (QED) is 0.534. The van der Waals surface area contributed by atoms with Gasteiger partial charge >= 0.3 is 0 Å². The first-order valence-electron chi connectivity index (χ1n) is 9.23. The number of hydrogen-bond donors (Lipinski definition) is 1. The first kappa shape index (κ1) is 23.2. The Morgan fingerprint density at radius 3 is 1.94 bits per heavy atom. The first-order valence-corrected chi connectivity index (χ1v) is 10.7. The smallest absolute Gasteiger partial charge is 0.244 e. The van der Waals surface area contributed by atoms with Crippen molar-refractivity contribution in [2.24, 2.45) is 0 Å². The Kier molecular flexibility index (Phi) is 6.51. The van der Waals surface area contributed by atoms with Crippen LogP contribution in [0, 0.1) is 0 Å². The van der Waals surface area contributed by atoms with Crippen LogP contribution in [0.4, 0.5) is 0 Å². The summed E-state index contributed by atoms with van der Waals surface area (Å²) in [4.78, 5) is 13.0. The molecule has 2 aromatic carbocycles. The zero-order valence-electron chi connectivity index (χ0n) is 18.4. The fourth-order valence-corrected chi connectivity index (χ4v) is 4.25.